The van der Waals surface area contributed by atoms with E-state index in [1.165, 1.54) is 12.8 Å². The third-order valence-corrected chi connectivity index (χ3v) is 3.28. The van der Waals surface area contributed by atoms with Crippen LogP contribution in [0.3, 0.4) is 0 Å². The number of hydrogen-bond acceptors (Lipinski definition) is 4. The van der Waals surface area contributed by atoms with Gasteiger partial charge in [0.1, 0.15) is 5.82 Å². The molecule has 1 aromatic heterocycles. The smallest absolute Gasteiger partial charge is 0.251 e. The molecule has 2 N–H and O–H groups in total. The fourth-order valence-electron chi connectivity index (χ4n) is 2.10. The summed E-state index contributed by atoms with van der Waals surface area (Å²) in [6.07, 6.45) is 4.01. The minimum atomic E-state index is -0.617. The number of nitrogens with zero attached hydrogens (tertiary/aromatic N) is 2. The van der Waals surface area contributed by atoms with Gasteiger partial charge in [-0.3, -0.25) is 4.79 Å². The summed E-state index contributed by atoms with van der Waals surface area (Å²) in [5.41, 5.74) is -0.0350. The van der Waals surface area contributed by atoms with Gasteiger partial charge in [-0.2, -0.15) is 0 Å². The normalized spacial score (nSPS) is 15.6. The van der Waals surface area contributed by atoms with E-state index in [9.17, 15) is 9.90 Å². The third-order valence-electron chi connectivity index (χ3n) is 3.28. The van der Waals surface area contributed by atoms with Crippen LogP contribution in [0.2, 0.25) is 0 Å². The number of hydrogen-bond donors (Lipinski definition) is 2. The van der Waals surface area contributed by atoms with Crippen LogP contribution in [0.1, 0.15) is 37.0 Å². The highest BCUT2D eigenvalue weighted by Gasteiger charge is 2.21. The SMILES string of the molecule is CC(C)(CO)NC(=O)c1ccnc(N2CCCC2)c1. The molecule has 1 amide bonds. The van der Waals surface area contributed by atoms with Gasteiger partial charge in [-0.15, -0.1) is 0 Å². The maximum atomic E-state index is 12.1. The van der Waals surface area contributed by atoms with E-state index in [1.807, 2.05) is 6.07 Å². The van der Waals surface area contributed by atoms with Gasteiger partial charge in [0, 0.05) is 24.8 Å². The molecule has 19 heavy (non-hydrogen) atoms. The monoisotopic (exact) mass is 263 g/mol. The molecule has 0 unspecified atom stereocenters. The summed E-state index contributed by atoms with van der Waals surface area (Å²) < 4.78 is 0. The molecule has 2 rings (SSSR count). The fourth-order valence-corrected chi connectivity index (χ4v) is 2.10. The Labute approximate surface area is 113 Å². The highest BCUT2D eigenvalue weighted by atomic mass is 16.3. The molecule has 1 aliphatic heterocycles. The Balaban J connectivity index is 2.12. The van der Waals surface area contributed by atoms with E-state index in [0.717, 1.165) is 18.9 Å². The minimum absolute atomic E-state index is 0.0944. The van der Waals surface area contributed by atoms with Gasteiger partial charge in [0.2, 0.25) is 0 Å². The molecule has 1 aliphatic rings. The van der Waals surface area contributed by atoms with Crippen molar-refractivity contribution in [2.24, 2.45) is 0 Å². The molecule has 104 valence electrons. The molecular formula is C14H21N3O2. The van der Waals surface area contributed by atoms with E-state index >= 15 is 0 Å². The van der Waals surface area contributed by atoms with Crippen LogP contribution < -0.4 is 10.2 Å². The summed E-state index contributed by atoms with van der Waals surface area (Å²) in [7, 11) is 0. The Morgan fingerprint density at radius 2 is 2.16 bits per heavy atom. The molecule has 5 heteroatoms. The number of nitrogens with one attached hydrogen (secondary N) is 1. The molecule has 2 heterocycles. The Hall–Kier alpha value is -1.62. The zero-order valence-corrected chi connectivity index (χ0v) is 11.5. The molecule has 1 saturated heterocycles. The maximum Gasteiger partial charge on any atom is 0.251 e. The zero-order valence-electron chi connectivity index (χ0n) is 11.5. The predicted molar refractivity (Wildman–Crippen MR) is 74.3 cm³/mol. The molecule has 1 fully saturated rings. The van der Waals surface area contributed by atoms with Crippen molar-refractivity contribution in [1.82, 2.24) is 10.3 Å². The molecule has 0 aliphatic carbocycles. The summed E-state index contributed by atoms with van der Waals surface area (Å²) in [4.78, 5) is 18.6. The lowest BCUT2D eigenvalue weighted by atomic mass is 10.1. The van der Waals surface area contributed by atoms with Crippen LogP contribution in [-0.2, 0) is 0 Å². The largest absolute Gasteiger partial charge is 0.394 e. The van der Waals surface area contributed by atoms with Gasteiger partial charge in [0.15, 0.2) is 0 Å². The maximum absolute atomic E-state index is 12.1. The van der Waals surface area contributed by atoms with Gasteiger partial charge in [-0.05, 0) is 38.8 Å². The van der Waals surface area contributed by atoms with Crippen LogP contribution in [0.4, 0.5) is 5.82 Å². The second-order valence-electron chi connectivity index (χ2n) is 5.59. The average Bonchev–Trinajstić information content (AvgIpc) is 2.92. The van der Waals surface area contributed by atoms with Crippen LogP contribution in [0.5, 0.6) is 0 Å². The fraction of sp³-hybridized carbons (Fsp3) is 0.571. The number of aliphatic hydroxyl groups excluding tert-OH is 1. The van der Waals surface area contributed by atoms with Gasteiger partial charge in [0.05, 0.1) is 12.1 Å². The number of amides is 1. The lowest BCUT2D eigenvalue weighted by Gasteiger charge is -2.24. The van der Waals surface area contributed by atoms with E-state index in [0.29, 0.717) is 5.56 Å². The molecule has 0 aromatic carbocycles. The number of anilines is 1. The first-order valence-electron chi connectivity index (χ1n) is 6.66. The number of pyridine rings is 1. The topological polar surface area (TPSA) is 65.5 Å². The first-order valence-corrected chi connectivity index (χ1v) is 6.66. The molecule has 0 atom stereocenters. The number of carbonyl (C=O) groups excluding carboxylic acids is 1. The van der Waals surface area contributed by atoms with Crippen molar-refractivity contribution in [3.63, 3.8) is 0 Å². The van der Waals surface area contributed by atoms with Gasteiger partial charge < -0.3 is 15.3 Å². The molecule has 0 radical (unpaired) electrons. The molecule has 0 spiro atoms. The van der Waals surface area contributed by atoms with Crippen molar-refractivity contribution in [2.45, 2.75) is 32.2 Å². The van der Waals surface area contributed by atoms with Gasteiger partial charge in [0.25, 0.3) is 5.91 Å². The minimum Gasteiger partial charge on any atom is -0.394 e. The van der Waals surface area contributed by atoms with Crippen molar-refractivity contribution in [3.05, 3.63) is 23.9 Å². The summed E-state index contributed by atoms with van der Waals surface area (Å²) in [6.45, 7) is 5.48. The first kappa shape index (κ1) is 13.8. The van der Waals surface area contributed by atoms with Crippen LogP contribution in [-0.4, -0.2) is 41.2 Å². The van der Waals surface area contributed by atoms with Crippen LogP contribution in [0.15, 0.2) is 18.3 Å². The quantitative estimate of drug-likeness (QED) is 0.856. The molecule has 0 bridgehead atoms. The summed E-state index contributed by atoms with van der Waals surface area (Å²) in [5, 5.41) is 12.0. The van der Waals surface area contributed by atoms with Crippen molar-refractivity contribution >= 4 is 11.7 Å². The summed E-state index contributed by atoms with van der Waals surface area (Å²) in [5.74, 6) is 0.675. The summed E-state index contributed by atoms with van der Waals surface area (Å²) in [6, 6.07) is 3.51. The van der Waals surface area contributed by atoms with Crippen LogP contribution >= 0.6 is 0 Å². The van der Waals surface area contributed by atoms with Crippen molar-refractivity contribution in [1.29, 1.82) is 0 Å². The van der Waals surface area contributed by atoms with E-state index in [4.69, 9.17) is 0 Å². The Morgan fingerprint density at radius 1 is 1.47 bits per heavy atom. The number of rotatable bonds is 4. The second-order valence-corrected chi connectivity index (χ2v) is 5.59. The van der Waals surface area contributed by atoms with E-state index < -0.39 is 5.54 Å². The standard InChI is InChI=1S/C14H21N3O2/c1-14(2,10-18)16-13(19)11-5-6-15-12(9-11)17-7-3-4-8-17/h5-6,9,18H,3-4,7-8,10H2,1-2H3,(H,16,19). The second kappa shape index (κ2) is 5.57. The lowest BCUT2D eigenvalue weighted by molar-refractivity contribution is 0.0869. The molecule has 0 saturated carbocycles. The number of aliphatic hydroxyl groups is 1. The van der Waals surface area contributed by atoms with Crippen molar-refractivity contribution in [3.8, 4) is 0 Å². The van der Waals surface area contributed by atoms with Crippen LogP contribution in [0, 0.1) is 0 Å². The number of aromatic nitrogens is 1. The van der Waals surface area contributed by atoms with Gasteiger partial charge in [-0.1, -0.05) is 0 Å². The zero-order chi connectivity index (χ0) is 13.9. The lowest BCUT2D eigenvalue weighted by Crippen LogP contribution is -2.46. The molecule has 5 nitrogen and oxygen atoms in total. The van der Waals surface area contributed by atoms with E-state index in [2.05, 4.69) is 15.2 Å². The van der Waals surface area contributed by atoms with E-state index in [1.54, 1.807) is 26.1 Å². The number of carbonyl (C=O) groups is 1. The Kier molecular flexibility index (Phi) is 4.04. The Morgan fingerprint density at radius 3 is 2.79 bits per heavy atom. The highest BCUT2D eigenvalue weighted by molar-refractivity contribution is 5.95. The van der Waals surface area contributed by atoms with Gasteiger partial charge in [-0.25, -0.2) is 4.98 Å². The first-order chi connectivity index (χ1) is 9.02. The summed E-state index contributed by atoms with van der Waals surface area (Å²) >= 11 is 0. The van der Waals surface area contributed by atoms with Crippen molar-refractivity contribution < 1.29 is 9.90 Å². The van der Waals surface area contributed by atoms with Crippen molar-refractivity contribution in [2.75, 3.05) is 24.6 Å². The highest BCUT2D eigenvalue weighted by Crippen LogP contribution is 2.18. The molecule has 1 aromatic rings. The Bertz CT molecular complexity index is 454. The van der Waals surface area contributed by atoms with Crippen LogP contribution in [0.25, 0.3) is 0 Å². The third kappa shape index (κ3) is 3.44. The average molecular weight is 263 g/mol. The van der Waals surface area contributed by atoms with E-state index in [-0.39, 0.29) is 12.5 Å². The molecular weight excluding hydrogens is 242 g/mol. The predicted octanol–water partition coefficient (Wildman–Crippen LogP) is 1.18. The van der Waals surface area contributed by atoms with Gasteiger partial charge >= 0.3 is 0 Å².